The summed E-state index contributed by atoms with van der Waals surface area (Å²) in [5.41, 5.74) is 3.60. The Bertz CT molecular complexity index is 1100. The van der Waals surface area contributed by atoms with Crippen molar-refractivity contribution in [1.82, 2.24) is 14.8 Å². The van der Waals surface area contributed by atoms with Crippen LogP contribution in [0.25, 0.3) is 16.9 Å². The molecule has 0 aliphatic rings. The molecular weight excluding hydrogens is 374 g/mol. The lowest BCUT2D eigenvalue weighted by Crippen LogP contribution is -2.07. The van der Waals surface area contributed by atoms with E-state index >= 15 is 0 Å². The monoisotopic (exact) mass is 389 g/mol. The first-order valence-electron chi connectivity index (χ1n) is 8.69. The van der Waals surface area contributed by atoms with Gasteiger partial charge < -0.3 is 4.74 Å². The number of benzene rings is 2. The van der Waals surface area contributed by atoms with Crippen molar-refractivity contribution in [2.75, 3.05) is 0 Å². The maximum Gasteiger partial charge on any atom is 0.357 e. The van der Waals surface area contributed by atoms with Gasteiger partial charge in [-0.2, -0.15) is 5.10 Å². The Hall–Kier alpha value is -3.44. The molecule has 0 aliphatic carbocycles. The zero-order chi connectivity index (χ0) is 19.3. The fraction of sp³-hybridized carbons (Fsp3) is 0.0455. The van der Waals surface area contributed by atoms with Crippen molar-refractivity contribution in [2.24, 2.45) is 0 Å². The van der Waals surface area contributed by atoms with Crippen LogP contribution >= 0.6 is 11.6 Å². The van der Waals surface area contributed by atoms with Gasteiger partial charge in [0.05, 0.1) is 11.4 Å². The van der Waals surface area contributed by atoms with E-state index in [1.54, 1.807) is 10.7 Å². The molecule has 0 aliphatic heterocycles. The van der Waals surface area contributed by atoms with Gasteiger partial charge in [0.25, 0.3) is 0 Å². The fourth-order valence-corrected chi connectivity index (χ4v) is 2.96. The van der Waals surface area contributed by atoms with Crippen LogP contribution in [0.2, 0.25) is 5.02 Å². The van der Waals surface area contributed by atoms with E-state index in [4.69, 9.17) is 21.4 Å². The predicted octanol–water partition coefficient (Wildman–Crippen LogP) is 4.94. The first-order chi connectivity index (χ1) is 13.7. The SMILES string of the molecule is O=C(OCc1cn(-c2ccccc2)nc1-c1ccccc1)c1cc(Cl)ccn1. The molecule has 5 nitrogen and oxygen atoms in total. The molecule has 6 heteroatoms. The number of para-hydroxylation sites is 1. The molecule has 0 bridgehead atoms. The number of esters is 1. The van der Waals surface area contributed by atoms with Crippen LogP contribution in [0.1, 0.15) is 16.1 Å². The van der Waals surface area contributed by atoms with Gasteiger partial charge in [-0.1, -0.05) is 60.1 Å². The van der Waals surface area contributed by atoms with Crippen LogP contribution in [0.15, 0.2) is 85.2 Å². The van der Waals surface area contributed by atoms with Crippen molar-refractivity contribution in [2.45, 2.75) is 6.61 Å². The summed E-state index contributed by atoms with van der Waals surface area (Å²) in [5, 5.41) is 5.14. The van der Waals surface area contributed by atoms with Crippen molar-refractivity contribution < 1.29 is 9.53 Å². The summed E-state index contributed by atoms with van der Waals surface area (Å²) < 4.78 is 7.25. The van der Waals surface area contributed by atoms with E-state index in [0.29, 0.717) is 5.02 Å². The molecule has 0 atom stereocenters. The molecule has 2 heterocycles. The van der Waals surface area contributed by atoms with Crippen LogP contribution in [0.3, 0.4) is 0 Å². The average molecular weight is 390 g/mol. The molecule has 0 amide bonds. The van der Waals surface area contributed by atoms with E-state index in [9.17, 15) is 4.79 Å². The molecule has 4 rings (SSSR count). The zero-order valence-electron chi connectivity index (χ0n) is 14.8. The lowest BCUT2D eigenvalue weighted by Gasteiger charge is -2.05. The standard InChI is InChI=1S/C22H16ClN3O2/c23-18-11-12-24-20(13-18)22(27)28-15-17-14-26(19-9-5-2-6-10-19)25-21(17)16-7-3-1-4-8-16/h1-14H,15H2. The van der Waals surface area contributed by atoms with Crippen LogP contribution in [0.4, 0.5) is 0 Å². The van der Waals surface area contributed by atoms with Gasteiger partial charge in [0.15, 0.2) is 0 Å². The molecule has 2 aromatic carbocycles. The number of carbonyl (C=O) groups is 1. The number of halogens is 1. The van der Waals surface area contributed by atoms with Crippen LogP contribution in [-0.2, 0) is 11.3 Å². The maximum absolute atomic E-state index is 12.3. The first kappa shape index (κ1) is 17.9. The predicted molar refractivity (Wildman–Crippen MR) is 107 cm³/mol. The summed E-state index contributed by atoms with van der Waals surface area (Å²) in [5.74, 6) is -0.533. The number of rotatable bonds is 5. The second-order valence-corrected chi connectivity index (χ2v) is 6.52. The number of hydrogen-bond donors (Lipinski definition) is 0. The summed E-state index contributed by atoms with van der Waals surface area (Å²) in [7, 11) is 0. The van der Waals surface area contributed by atoms with Gasteiger partial charge in [0, 0.05) is 28.5 Å². The Kier molecular flexibility index (Phi) is 5.17. The third kappa shape index (κ3) is 3.94. The Balaban J connectivity index is 1.63. The molecule has 0 N–H and O–H groups in total. The minimum absolute atomic E-state index is 0.0735. The highest BCUT2D eigenvalue weighted by Gasteiger charge is 2.16. The Morgan fingerprint density at radius 2 is 1.71 bits per heavy atom. The number of nitrogens with zero attached hydrogens (tertiary/aromatic N) is 3. The van der Waals surface area contributed by atoms with Crippen molar-refractivity contribution in [3.05, 3.63) is 101 Å². The second-order valence-electron chi connectivity index (χ2n) is 6.08. The molecule has 138 valence electrons. The molecule has 28 heavy (non-hydrogen) atoms. The van der Waals surface area contributed by atoms with Crippen molar-refractivity contribution in [3.63, 3.8) is 0 Å². The molecule has 0 radical (unpaired) electrons. The van der Waals surface area contributed by atoms with Gasteiger partial charge in [-0.15, -0.1) is 0 Å². The van der Waals surface area contributed by atoms with Gasteiger partial charge in [0.2, 0.25) is 0 Å². The number of carbonyl (C=O) groups excluding carboxylic acids is 1. The Morgan fingerprint density at radius 1 is 1.00 bits per heavy atom. The van der Waals surface area contributed by atoms with Crippen molar-refractivity contribution in [3.8, 4) is 16.9 Å². The number of aromatic nitrogens is 3. The summed E-state index contributed by atoms with van der Waals surface area (Å²) in [6.45, 7) is 0.0735. The van der Waals surface area contributed by atoms with Gasteiger partial charge >= 0.3 is 5.97 Å². The van der Waals surface area contributed by atoms with Crippen molar-refractivity contribution >= 4 is 17.6 Å². The number of ether oxygens (including phenoxy) is 1. The summed E-state index contributed by atoms with van der Waals surface area (Å²) >= 11 is 5.92. The molecule has 4 aromatic rings. The van der Waals surface area contributed by atoms with Crippen LogP contribution < -0.4 is 0 Å². The third-order valence-corrected chi connectivity index (χ3v) is 4.38. The van der Waals surface area contributed by atoms with Crippen LogP contribution in [0.5, 0.6) is 0 Å². The summed E-state index contributed by atoms with van der Waals surface area (Å²) in [6.07, 6.45) is 3.35. The number of pyridine rings is 1. The lowest BCUT2D eigenvalue weighted by molar-refractivity contribution is 0.0466. The van der Waals surface area contributed by atoms with Gasteiger partial charge in [-0.3, -0.25) is 0 Å². The molecule has 0 spiro atoms. The third-order valence-electron chi connectivity index (χ3n) is 4.15. The normalized spacial score (nSPS) is 10.6. The quantitative estimate of drug-likeness (QED) is 0.453. The number of hydrogen-bond acceptors (Lipinski definition) is 4. The van der Waals surface area contributed by atoms with Crippen molar-refractivity contribution in [1.29, 1.82) is 0 Å². The molecule has 0 unspecified atom stereocenters. The Labute approximate surface area is 167 Å². The maximum atomic E-state index is 12.3. The molecule has 0 fully saturated rings. The summed E-state index contributed by atoms with van der Waals surface area (Å²) in [6, 6.07) is 22.7. The van der Waals surface area contributed by atoms with E-state index < -0.39 is 5.97 Å². The van der Waals surface area contributed by atoms with Gasteiger partial charge in [-0.05, 0) is 24.3 Å². The highest BCUT2D eigenvalue weighted by molar-refractivity contribution is 6.30. The largest absolute Gasteiger partial charge is 0.456 e. The Morgan fingerprint density at radius 3 is 2.43 bits per heavy atom. The van der Waals surface area contributed by atoms with Crippen LogP contribution in [0, 0.1) is 0 Å². The minimum atomic E-state index is -0.533. The van der Waals surface area contributed by atoms with E-state index in [-0.39, 0.29) is 12.3 Å². The highest BCUT2D eigenvalue weighted by atomic mass is 35.5. The van der Waals surface area contributed by atoms with E-state index in [1.807, 2.05) is 66.9 Å². The summed E-state index contributed by atoms with van der Waals surface area (Å²) in [4.78, 5) is 16.3. The molecular formula is C22H16ClN3O2. The molecule has 0 saturated heterocycles. The second kappa shape index (κ2) is 8.06. The fourth-order valence-electron chi connectivity index (χ4n) is 2.80. The van der Waals surface area contributed by atoms with E-state index in [1.165, 1.54) is 12.3 Å². The minimum Gasteiger partial charge on any atom is -0.456 e. The molecule has 2 aromatic heterocycles. The highest BCUT2D eigenvalue weighted by Crippen LogP contribution is 2.24. The zero-order valence-corrected chi connectivity index (χ0v) is 15.6. The lowest BCUT2D eigenvalue weighted by atomic mass is 10.1. The smallest absolute Gasteiger partial charge is 0.357 e. The van der Waals surface area contributed by atoms with E-state index in [0.717, 1.165) is 22.5 Å². The first-order valence-corrected chi connectivity index (χ1v) is 9.06. The van der Waals surface area contributed by atoms with E-state index in [2.05, 4.69) is 4.98 Å². The van der Waals surface area contributed by atoms with Crippen LogP contribution in [-0.4, -0.2) is 20.7 Å². The van der Waals surface area contributed by atoms with Gasteiger partial charge in [-0.25, -0.2) is 14.5 Å². The average Bonchev–Trinajstić information content (AvgIpc) is 3.17. The van der Waals surface area contributed by atoms with Gasteiger partial charge in [0.1, 0.15) is 12.3 Å². The molecule has 0 saturated carbocycles. The topological polar surface area (TPSA) is 57.0 Å².